The Bertz CT molecular complexity index is 744. The molecular formula is C18H21N3O4. The Balaban J connectivity index is 2.03. The second-order valence-corrected chi connectivity index (χ2v) is 5.31. The maximum atomic E-state index is 12.1. The van der Waals surface area contributed by atoms with Gasteiger partial charge in [0.1, 0.15) is 11.5 Å². The van der Waals surface area contributed by atoms with Crippen molar-refractivity contribution in [2.24, 2.45) is 5.73 Å². The minimum absolute atomic E-state index is 0.153. The van der Waals surface area contributed by atoms with Crippen LogP contribution in [0.5, 0.6) is 11.5 Å². The van der Waals surface area contributed by atoms with Crippen molar-refractivity contribution in [2.75, 3.05) is 30.9 Å². The van der Waals surface area contributed by atoms with Crippen molar-refractivity contribution in [3.8, 4) is 11.5 Å². The molecule has 2 aromatic rings. The van der Waals surface area contributed by atoms with E-state index < -0.39 is 0 Å². The molecule has 2 aromatic carbocycles. The van der Waals surface area contributed by atoms with E-state index in [1.165, 1.54) is 7.11 Å². The lowest BCUT2D eigenvalue weighted by Gasteiger charge is -2.14. The van der Waals surface area contributed by atoms with Crippen LogP contribution in [0.3, 0.4) is 0 Å². The summed E-state index contributed by atoms with van der Waals surface area (Å²) in [6.07, 6.45) is 0. The van der Waals surface area contributed by atoms with Crippen molar-refractivity contribution in [1.29, 1.82) is 0 Å². The quantitative estimate of drug-likeness (QED) is 0.713. The lowest BCUT2D eigenvalue weighted by Crippen LogP contribution is -2.24. The first-order chi connectivity index (χ1) is 12.0. The molecule has 0 fully saturated rings. The highest BCUT2D eigenvalue weighted by molar-refractivity contribution is 6.00. The molecule has 0 aliphatic heterocycles. The number of nitrogens with one attached hydrogen (secondary N) is 2. The van der Waals surface area contributed by atoms with E-state index in [-0.39, 0.29) is 25.0 Å². The summed E-state index contributed by atoms with van der Waals surface area (Å²) < 4.78 is 10.6. The van der Waals surface area contributed by atoms with Gasteiger partial charge in [-0.2, -0.15) is 0 Å². The second-order valence-electron chi connectivity index (χ2n) is 5.31. The van der Waals surface area contributed by atoms with E-state index in [2.05, 4.69) is 10.6 Å². The molecule has 0 unspecified atom stereocenters. The maximum absolute atomic E-state index is 12.1. The monoisotopic (exact) mass is 343 g/mol. The van der Waals surface area contributed by atoms with Gasteiger partial charge in [-0.1, -0.05) is 17.7 Å². The Morgan fingerprint density at radius 2 is 1.60 bits per heavy atom. The number of methoxy groups -OCH3 is 1. The molecular weight excluding hydrogens is 322 g/mol. The van der Waals surface area contributed by atoms with Crippen LogP contribution in [0, 0.1) is 6.92 Å². The third-order valence-electron chi connectivity index (χ3n) is 3.35. The standard InChI is InChI=1S/C18H21N3O4/c1-12-3-5-13(6-4-12)25-11-18(23)20-15-8-7-14(24-2)9-16(15)21-17(22)10-19/h3-9H,10-11,19H2,1-2H3,(H,20,23)(H,21,22). The number of ether oxygens (including phenoxy) is 2. The van der Waals surface area contributed by atoms with Crippen molar-refractivity contribution < 1.29 is 19.1 Å². The SMILES string of the molecule is COc1ccc(NC(=O)COc2ccc(C)cc2)c(NC(=O)CN)c1. The normalized spacial score (nSPS) is 10.0. The second kappa shape index (κ2) is 8.70. The van der Waals surface area contributed by atoms with E-state index in [0.717, 1.165) is 5.56 Å². The predicted molar refractivity (Wildman–Crippen MR) is 96.0 cm³/mol. The minimum atomic E-state index is -0.375. The largest absolute Gasteiger partial charge is 0.497 e. The summed E-state index contributed by atoms with van der Waals surface area (Å²) in [5.41, 5.74) is 7.25. The van der Waals surface area contributed by atoms with Crippen LogP contribution in [0.1, 0.15) is 5.56 Å². The summed E-state index contributed by atoms with van der Waals surface area (Å²) in [7, 11) is 1.51. The first-order valence-corrected chi connectivity index (χ1v) is 7.69. The fraction of sp³-hybridized carbons (Fsp3) is 0.222. The van der Waals surface area contributed by atoms with Crippen LogP contribution >= 0.6 is 0 Å². The fourth-order valence-corrected chi connectivity index (χ4v) is 2.03. The van der Waals surface area contributed by atoms with Crippen LogP contribution in [-0.2, 0) is 9.59 Å². The van der Waals surface area contributed by atoms with Crippen molar-refractivity contribution >= 4 is 23.2 Å². The zero-order valence-electron chi connectivity index (χ0n) is 14.2. The molecule has 0 bridgehead atoms. The van der Waals surface area contributed by atoms with E-state index in [9.17, 15) is 9.59 Å². The number of nitrogens with two attached hydrogens (primary N) is 1. The Hall–Kier alpha value is -3.06. The summed E-state index contributed by atoms with van der Waals surface area (Å²) in [6.45, 7) is 1.65. The van der Waals surface area contributed by atoms with Gasteiger partial charge in [-0.3, -0.25) is 9.59 Å². The molecule has 0 heterocycles. The Morgan fingerprint density at radius 3 is 2.24 bits per heavy atom. The van der Waals surface area contributed by atoms with E-state index in [1.54, 1.807) is 30.3 Å². The zero-order chi connectivity index (χ0) is 18.2. The van der Waals surface area contributed by atoms with E-state index in [0.29, 0.717) is 22.9 Å². The van der Waals surface area contributed by atoms with Gasteiger partial charge in [-0.05, 0) is 31.2 Å². The van der Waals surface area contributed by atoms with E-state index in [4.69, 9.17) is 15.2 Å². The third-order valence-corrected chi connectivity index (χ3v) is 3.35. The minimum Gasteiger partial charge on any atom is -0.497 e. The van der Waals surface area contributed by atoms with Crippen LogP contribution in [-0.4, -0.2) is 32.1 Å². The fourth-order valence-electron chi connectivity index (χ4n) is 2.03. The first-order valence-electron chi connectivity index (χ1n) is 7.69. The summed E-state index contributed by atoms with van der Waals surface area (Å²) in [4.78, 5) is 23.7. The molecule has 4 N–H and O–H groups in total. The average Bonchev–Trinajstić information content (AvgIpc) is 2.62. The highest BCUT2D eigenvalue weighted by atomic mass is 16.5. The van der Waals surface area contributed by atoms with E-state index >= 15 is 0 Å². The molecule has 0 radical (unpaired) electrons. The third kappa shape index (κ3) is 5.50. The van der Waals surface area contributed by atoms with Crippen molar-refractivity contribution in [3.05, 3.63) is 48.0 Å². The van der Waals surface area contributed by atoms with Gasteiger partial charge in [0.2, 0.25) is 5.91 Å². The molecule has 0 atom stereocenters. The Kier molecular flexibility index (Phi) is 6.36. The lowest BCUT2D eigenvalue weighted by molar-refractivity contribution is -0.118. The number of hydrogen-bond donors (Lipinski definition) is 3. The number of aryl methyl sites for hydroxylation is 1. The number of rotatable bonds is 7. The lowest BCUT2D eigenvalue weighted by atomic mass is 10.2. The predicted octanol–water partition coefficient (Wildman–Crippen LogP) is 1.92. The number of carbonyl (C=O) groups is 2. The smallest absolute Gasteiger partial charge is 0.262 e. The summed E-state index contributed by atoms with van der Waals surface area (Å²) in [5, 5.41) is 5.32. The topological polar surface area (TPSA) is 103 Å². The first kappa shape index (κ1) is 18.3. The Labute approximate surface area is 146 Å². The van der Waals surface area contributed by atoms with Crippen LogP contribution in [0.4, 0.5) is 11.4 Å². The summed E-state index contributed by atoms with van der Waals surface area (Å²) in [5.74, 6) is 0.419. The van der Waals surface area contributed by atoms with Gasteiger partial charge in [0.15, 0.2) is 6.61 Å². The number of anilines is 2. The number of amides is 2. The van der Waals surface area contributed by atoms with Crippen LogP contribution in [0.25, 0.3) is 0 Å². The van der Waals surface area contributed by atoms with Crippen LogP contribution < -0.4 is 25.8 Å². The number of benzene rings is 2. The average molecular weight is 343 g/mol. The molecule has 0 aliphatic carbocycles. The molecule has 2 rings (SSSR count). The number of carbonyl (C=O) groups excluding carboxylic acids is 2. The van der Waals surface area contributed by atoms with Gasteiger partial charge in [0.25, 0.3) is 5.91 Å². The molecule has 0 aliphatic rings. The van der Waals surface area contributed by atoms with Gasteiger partial charge in [0, 0.05) is 6.07 Å². The van der Waals surface area contributed by atoms with Crippen molar-refractivity contribution in [1.82, 2.24) is 0 Å². The van der Waals surface area contributed by atoms with Gasteiger partial charge in [0.05, 0.1) is 25.0 Å². The molecule has 2 amide bonds. The van der Waals surface area contributed by atoms with Crippen molar-refractivity contribution in [3.63, 3.8) is 0 Å². The number of hydrogen-bond acceptors (Lipinski definition) is 5. The zero-order valence-corrected chi connectivity index (χ0v) is 14.2. The van der Waals surface area contributed by atoms with Crippen LogP contribution in [0.15, 0.2) is 42.5 Å². The highest BCUT2D eigenvalue weighted by Crippen LogP contribution is 2.27. The molecule has 0 saturated carbocycles. The molecule has 132 valence electrons. The summed E-state index contributed by atoms with van der Waals surface area (Å²) in [6, 6.07) is 12.3. The highest BCUT2D eigenvalue weighted by Gasteiger charge is 2.11. The van der Waals surface area contributed by atoms with Crippen LogP contribution in [0.2, 0.25) is 0 Å². The molecule has 0 saturated heterocycles. The van der Waals surface area contributed by atoms with Gasteiger partial charge >= 0.3 is 0 Å². The van der Waals surface area contributed by atoms with Gasteiger partial charge in [-0.25, -0.2) is 0 Å². The molecule has 0 aromatic heterocycles. The maximum Gasteiger partial charge on any atom is 0.262 e. The van der Waals surface area contributed by atoms with Gasteiger partial charge < -0.3 is 25.8 Å². The molecule has 0 spiro atoms. The molecule has 7 heteroatoms. The molecule has 7 nitrogen and oxygen atoms in total. The molecule has 25 heavy (non-hydrogen) atoms. The summed E-state index contributed by atoms with van der Waals surface area (Å²) >= 11 is 0. The Morgan fingerprint density at radius 1 is 0.960 bits per heavy atom. The van der Waals surface area contributed by atoms with Crippen molar-refractivity contribution in [2.45, 2.75) is 6.92 Å². The van der Waals surface area contributed by atoms with Gasteiger partial charge in [-0.15, -0.1) is 0 Å². The van der Waals surface area contributed by atoms with E-state index in [1.807, 2.05) is 19.1 Å².